The smallest absolute Gasteiger partial charge is 0.248 e. The molecule has 0 saturated carbocycles. The van der Waals surface area contributed by atoms with Crippen LogP contribution in [-0.2, 0) is 10.0 Å². The average molecular weight is 443 g/mol. The summed E-state index contributed by atoms with van der Waals surface area (Å²) < 4.78 is 38.1. The van der Waals surface area contributed by atoms with Crippen molar-refractivity contribution in [2.24, 2.45) is 0 Å². The molecular weight excluding hydrogens is 416 g/mol. The highest BCUT2D eigenvalue weighted by atomic mass is 32.2. The van der Waals surface area contributed by atoms with Gasteiger partial charge in [0.15, 0.2) is 5.76 Å². The van der Waals surface area contributed by atoms with Gasteiger partial charge in [-0.15, -0.1) is 0 Å². The van der Waals surface area contributed by atoms with E-state index >= 15 is 0 Å². The summed E-state index contributed by atoms with van der Waals surface area (Å²) in [4.78, 5) is 4.86. The highest BCUT2D eigenvalue weighted by molar-refractivity contribution is 7.89. The zero-order chi connectivity index (χ0) is 22.2. The van der Waals surface area contributed by atoms with E-state index < -0.39 is 10.0 Å². The van der Waals surface area contributed by atoms with Crippen LogP contribution in [0.2, 0.25) is 0 Å². The van der Waals surface area contributed by atoms with Crippen molar-refractivity contribution in [2.45, 2.75) is 38.0 Å². The Morgan fingerprint density at radius 3 is 2.68 bits per heavy atom. The number of methoxy groups -OCH3 is 1. The number of nitrogens with zero attached hydrogens (tertiary/aromatic N) is 3. The van der Waals surface area contributed by atoms with Crippen LogP contribution in [0, 0.1) is 20.8 Å². The Morgan fingerprint density at radius 1 is 1.16 bits per heavy atom. The van der Waals surface area contributed by atoms with Gasteiger partial charge in [-0.25, -0.2) is 8.42 Å². The Balaban J connectivity index is 1.55. The number of benzene rings is 1. The van der Waals surface area contributed by atoms with Crippen LogP contribution in [0.15, 0.2) is 45.8 Å². The largest absolute Gasteiger partial charge is 0.497 e. The van der Waals surface area contributed by atoms with Crippen molar-refractivity contribution >= 4 is 21.4 Å². The first-order chi connectivity index (χ1) is 14.8. The van der Waals surface area contributed by atoms with Crippen LogP contribution in [0.1, 0.15) is 35.2 Å². The molecule has 164 valence electrons. The minimum absolute atomic E-state index is 0.0148. The molecule has 1 aliphatic rings. The quantitative estimate of drug-likeness (QED) is 0.618. The van der Waals surface area contributed by atoms with Crippen LogP contribution < -0.4 is 10.1 Å². The first kappa shape index (κ1) is 21.3. The van der Waals surface area contributed by atoms with Gasteiger partial charge >= 0.3 is 0 Å². The van der Waals surface area contributed by atoms with Crippen LogP contribution in [0.4, 0.5) is 11.4 Å². The second kappa shape index (κ2) is 8.32. The van der Waals surface area contributed by atoms with Gasteiger partial charge in [0.25, 0.3) is 0 Å². The topological polar surface area (TPSA) is 97.6 Å². The molecule has 4 rings (SSSR count). The van der Waals surface area contributed by atoms with E-state index in [-0.39, 0.29) is 10.8 Å². The molecule has 0 bridgehead atoms. The lowest BCUT2D eigenvalue weighted by Gasteiger charge is -2.17. The van der Waals surface area contributed by atoms with Crippen molar-refractivity contribution in [3.05, 3.63) is 59.2 Å². The molecule has 0 spiro atoms. The van der Waals surface area contributed by atoms with Crippen molar-refractivity contribution in [3.63, 3.8) is 0 Å². The summed E-state index contributed by atoms with van der Waals surface area (Å²) in [6.07, 6.45) is 0.706. The first-order valence-electron chi connectivity index (χ1n) is 10.1. The zero-order valence-corrected chi connectivity index (χ0v) is 18.9. The number of nitrogens with one attached hydrogen (secondary N) is 1. The average Bonchev–Trinajstić information content (AvgIpc) is 3.35. The van der Waals surface area contributed by atoms with Crippen molar-refractivity contribution in [2.75, 3.05) is 25.5 Å². The molecule has 1 saturated heterocycles. The Kier molecular flexibility index (Phi) is 5.72. The Labute approximate surface area is 182 Å². The lowest BCUT2D eigenvalue weighted by atomic mass is 10.0. The summed E-state index contributed by atoms with van der Waals surface area (Å²) in [7, 11) is -2.02. The first-order valence-corrected chi connectivity index (χ1v) is 11.5. The van der Waals surface area contributed by atoms with E-state index in [2.05, 4.69) is 15.5 Å². The molecule has 3 heterocycles. The number of hydrogen-bond donors (Lipinski definition) is 1. The SMILES string of the molecule is COc1cccc(Nc2cc(C)nc([C@H]3CCN(S(=O)(=O)c4c(C)noc4C)C3)c2)c1. The van der Waals surface area contributed by atoms with E-state index in [1.165, 1.54) is 4.31 Å². The molecular formula is C22H26N4O4S. The Morgan fingerprint density at radius 2 is 1.97 bits per heavy atom. The fourth-order valence-corrected chi connectivity index (χ4v) is 5.79. The number of aryl methyl sites for hydroxylation is 3. The van der Waals surface area contributed by atoms with Gasteiger partial charge in [-0.05, 0) is 51.5 Å². The van der Waals surface area contributed by atoms with E-state index in [0.29, 0.717) is 31.0 Å². The van der Waals surface area contributed by atoms with Crippen LogP contribution in [0.25, 0.3) is 0 Å². The Hall–Kier alpha value is -2.91. The molecule has 9 heteroatoms. The van der Waals surface area contributed by atoms with Crippen LogP contribution in [-0.4, -0.2) is 43.1 Å². The van der Waals surface area contributed by atoms with Crippen LogP contribution in [0.3, 0.4) is 0 Å². The van der Waals surface area contributed by atoms with Gasteiger partial charge in [0.1, 0.15) is 16.3 Å². The molecule has 2 aromatic heterocycles. The van der Waals surface area contributed by atoms with Crippen LogP contribution >= 0.6 is 0 Å². The lowest BCUT2D eigenvalue weighted by molar-refractivity contribution is 0.389. The molecule has 1 N–H and O–H groups in total. The summed E-state index contributed by atoms with van der Waals surface area (Å²) in [5.74, 6) is 1.10. The van der Waals surface area contributed by atoms with Crippen LogP contribution in [0.5, 0.6) is 5.75 Å². The molecule has 1 aromatic carbocycles. The third-order valence-electron chi connectivity index (χ3n) is 5.47. The maximum atomic E-state index is 13.1. The molecule has 1 aliphatic heterocycles. The van der Waals surface area contributed by atoms with Crippen molar-refractivity contribution < 1.29 is 17.7 Å². The maximum Gasteiger partial charge on any atom is 0.248 e. The number of pyridine rings is 1. The third kappa shape index (κ3) is 4.28. The molecule has 1 fully saturated rings. The number of anilines is 2. The summed E-state index contributed by atoms with van der Waals surface area (Å²) in [5, 5.41) is 7.19. The number of ether oxygens (including phenoxy) is 1. The predicted octanol–water partition coefficient (Wildman–Crippen LogP) is 3.93. The highest BCUT2D eigenvalue weighted by Crippen LogP contribution is 2.33. The van der Waals surface area contributed by atoms with E-state index in [1.807, 2.05) is 43.3 Å². The van der Waals surface area contributed by atoms with E-state index in [1.54, 1.807) is 21.0 Å². The molecule has 1 atom stereocenters. The number of hydrogen-bond acceptors (Lipinski definition) is 7. The molecule has 0 radical (unpaired) electrons. The van der Waals surface area contributed by atoms with Crippen molar-refractivity contribution in [1.82, 2.24) is 14.4 Å². The fourth-order valence-electron chi connectivity index (χ4n) is 4.00. The van der Waals surface area contributed by atoms with Crippen molar-refractivity contribution in [3.8, 4) is 5.75 Å². The van der Waals surface area contributed by atoms with E-state index in [4.69, 9.17) is 9.26 Å². The minimum Gasteiger partial charge on any atom is -0.497 e. The van der Waals surface area contributed by atoms with Gasteiger partial charge in [0, 0.05) is 47.8 Å². The van der Waals surface area contributed by atoms with Crippen molar-refractivity contribution in [1.29, 1.82) is 0 Å². The van der Waals surface area contributed by atoms with E-state index in [0.717, 1.165) is 28.5 Å². The predicted molar refractivity (Wildman–Crippen MR) is 117 cm³/mol. The monoisotopic (exact) mass is 442 g/mol. The van der Waals surface area contributed by atoms with Gasteiger partial charge in [0.2, 0.25) is 10.0 Å². The molecule has 0 aliphatic carbocycles. The van der Waals surface area contributed by atoms with Gasteiger partial charge in [-0.2, -0.15) is 4.31 Å². The highest BCUT2D eigenvalue weighted by Gasteiger charge is 2.37. The summed E-state index contributed by atoms with van der Waals surface area (Å²) in [6, 6.07) is 11.7. The molecule has 8 nitrogen and oxygen atoms in total. The second-order valence-corrected chi connectivity index (χ2v) is 9.66. The number of rotatable bonds is 6. The lowest BCUT2D eigenvalue weighted by Crippen LogP contribution is -2.29. The summed E-state index contributed by atoms with van der Waals surface area (Å²) in [6.45, 7) is 6.02. The molecule has 3 aromatic rings. The third-order valence-corrected chi connectivity index (χ3v) is 7.58. The molecule has 31 heavy (non-hydrogen) atoms. The maximum absolute atomic E-state index is 13.1. The van der Waals surface area contributed by atoms with Gasteiger partial charge in [0.05, 0.1) is 7.11 Å². The van der Waals surface area contributed by atoms with Gasteiger partial charge in [-0.3, -0.25) is 4.98 Å². The number of aromatic nitrogens is 2. The Bertz CT molecular complexity index is 1190. The van der Waals surface area contributed by atoms with Gasteiger partial charge in [-0.1, -0.05) is 11.2 Å². The normalized spacial score (nSPS) is 17.1. The molecule has 0 unspecified atom stereocenters. The number of sulfonamides is 1. The van der Waals surface area contributed by atoms with Gasteiger partial charge < -0.3 is 14.6 Å². The summed E-state index contributed by atoms with van der Waals surface area (Å²) in [5.41, 5.74) is 3.95. The zero-order valence-electron chi connectivity index (χ0n) is 18.0. The second-order valence-electron chi connectivity index (χ2n) is 7.78. The minimum atomic E-state index is -3.65. The fraction of sp³-hybridized carbons (Fsp3) is 0.364. The molecule has 0 amide bonds. The standard InChI is InChI=1S/C22H26N4O4S/c1-14-10-19(24-18-6-5-7-20(11-18)29-4)12-21(23-14)17-8-9-26(13-17)31(27,28)22-15(2)25-30-16(22)3/h5-7,10-12,17H,8-9,13H2,1-4H3,(H,23,24)/t17-/m0/s1. The van der Waals surface area contributed by atoms with E-state index in [9.17, 15) is 8.42 Å². The summed E-state index contributed by atoms with van der Waals surface area (Å²) >= 11 is 0.